The van der Waals surface area contributed by atoms with Gasteiger partial charge in [0.1, 0.15) is 0 Å². The fourth-order valence-electron chi connectivity index (χ4n) is 2.17. The first kappa shape index (κ1) is 13.6. The van der Waals surface area contributed by atoms with Gasteiger partial charge < -0.3 is 10.6 Å². The van der Waals surface area contributed by atoms with Gasteiger partial charge in [0, 0.05) is 25.0 Å². The summed E-state index contributed by atoms with van der Waals surface area (Å²) in [6.07, 6.45) is 6.61. The summed E-state index contributed by atoms with van der Waals surface area (Å²) >= 11 is 0. The fraction of sp³-hybridized carbons (Fsp3) is 0.294. The minimum atomic E-state index is -0.0714. The number of anilines is 1. The number of carbonyl (C=O) groups excluding carboxylic acids is 1. The molecule has 3 rings (SSSR count). The Morgan fingerprint density at radius 2 is 2.00 bits per heavy atom. The normalized spacial score (nSPS) is 13.7. The van der Waals surface area contributed by atoms with Crippen molar-refractivity contribution in [3.8, 4) is 0 Å². The average Bonchev–Trinajstić information content (AvgIpc) is 3.32. The van der Waals surface area contributed by atoms with Gasteiger partial charge in [-0.2, -0.15) is 0 Å². The third-order valence-corrected chi connectivity index (χ3v) is 3.49. The maximum Gasteiger partial charge on any atom is 0.252 e. The molecule has 0 radical (unpaired) electrons. The number of pyridine rings is 1. The Morgan fingerprint density at radius 1 is 1.19 bits per heavy atom. The topological polar surface area (TPSA) is 54.0 Å². The highest BCUT2D eigenvalue weighted by Gasteiger charge is 2.21. The Hall–Kier alpha value is -2.36. The summed E-state index contributed by atoms with van der Waals surface area (Å²) in [6.45, 7) is 0.628. The zero-order valence-corrected chi connectivity index (χ0v) is 11.9. The van der Waals surface area contributed by atoms with Crippen molar-refractivity contribution < 1.29 is 4.79 Å². The van der Waals surface area contributed by atoms with Gasteiger partial charge in [-0.05, 0) is 30.9 Å². The second-order valence-electron chi connectivity index (χ2n) is 5.37. The van der Waals surface area contributed by atoms with Crippen molar-refractivity contribution in [3.05, 3.63) is 59.9 Å². The van der Waals surface area contributed by atoms with E-state index in [2.05, 4.69) is 27.8 Å². The van der Waals surface area contributed by atoms with E-state index in [1.54, 1.807) is 12.4 Å². The quantitative estimate of drug-likeness (QED) is 0.856. The van der Waals surface area contributed by atoms with Crippen molar-refractivity contribution in [3.63, 3.8) is 0 Å². The molecule has 108 valence electrons. The molecule has 1 aliphatic carbocycles. The van der Waals surface area contributed by atoms with Crippen LogP contribution in [0.5, 0.6) is 0 Å². The summed E-state index contributed by atoms with van der Waals surface area (Å²) in [7, 11) is 0. The molecule has 1 aromatic carbocycles. The van der Waals surface area contributed by atoms with Crippen LogP contribution in [-0.4, -0.2) is 23.5 Å². The second-order valence-corrected chi connectivity index (χ2v) is 5.37. The van der Waals surface area contributed by atoms with Crippen LogP contribution in [0.1, 0.15) is 28.8 Å². The lowest BCUT2D eigenvalue weighted by atomic mass is 10.1. The maximum atomic E-state index is 12.1. The van der Waals surface area contributed by atoms with Crippen molar-refractivity contribution in [1.82, 2.24) is 10.3 Å². The molecular weight excluding hydrogens is 262 g/mol. The summed E-state index contributed by atoms with van der Waals surface area (Å²) in [5, 5.41) is 6.29. The van der Waals surface area contributed by atoms with Gasteiger partial charge in [0.15, 0.2) is 0 Å². The van der Waals surface area contributed by atoms with Gasteiger partial charge in [-0.1, -0.05) is 30.3 Å². The molecule has 1 amide bonds. The highest BCUT2D eigenvalue weighted by molar-refractivity contribution is 5.94. The zero-order chi connectivity index (χ0) is 14.5. The Kier molecular flexibility index (Phi) is 4.15. The second kappa shape index (κ2) is 6.39. The largest absolute Gasteiger partial charge is 0.381 e. The van der Waals surface area contributed by atoms with Crippen LogP contribution in [-0.2, 0) is 6.42 Å². The Balaban J connectivity index is 1.52. The van der Waals surface area contributed by atoms with Crippen molar-refractivity contribution in [2.75, 3.05) is 11.9 Å². The molecular formula is C17H19N3O. The highest BCUT2D eigenvalue weighted by atomic mass is 16.1. The SMILES string of the molecule is O=C(NCCc1ccccc1)c1cncc(NC2CC2)c1. The molecule has 0 spiro atoms. The van der Waals surface area contributed by atoms with Crippen molar-refractivity contribution in [1.29, 1.82) is 0 Å². The monoisotopic (exact) mass is 281 g/mol. The molecule has 21 heavy (non-hydrogen) atoms. The summed E-state index contributed by atoms with van der Waals surface area (Å²) in [4.78, 5) is 16.2. The molecule has 1 saturated carbocycles. The number of nitrogens with one attached hydrogen (secondary N) is 2. The maximum absolute atomic E-state index is 12.1. The molecule has 0 bridgehead atoms. The Labute approximate surface area is 124 Å². The van der Waals surface area contributed by atoms with Crippen LogP contribution < -0.4 is 10.6 Å². The van der Waals surface area contributed by atoms with Crippen molar-refractivity contribution in [2.45, 2.75) is 25.3 Å². The van der Waals surface area contributed by atoms with E-state index in [0.29, 0.717) is 18.2 Å². The van der Waals surface area contributed by atoms with Gasteiger partial charge >= 0.3 is 0 Å². The molecule has 1 aromatic heterocycles. The number of hydrogen-bond donors (Lipinski definition) is 2. The smallest absolute Gasteiger partial charge is 0.252 e. The lowest BCUT2D eigenvalue weighted by molar-refractivity contribution is 0.0954. The van der Waals surface area contributed by atoms with Crippen LogP contribution in [0.15, 0.2) is 48.8 Å². The molecule has 0 atom stereocenters. The fourth-order valence-corrected chi connectivity index (χ4v) is 2.17. The van der Waals surface area contributed by atoms with Crippen LogP contribution >= 0.6 is 0 Å². The molecule has 0 unspecified atom stereocenters. The van der Waals surface area contributed by atoms with E-state index in [4.69, 9.17) is 0 Å². The van der Waals surface area contributed by atoms with E-state index < -0.39 is 0 Å². The third-order valence-electron chi connectivity index (χ3n) is 3.49. The highest BCUT2D eigenvalue weighted by Crippen LogP contribution is 2.24. The van der Waals surface area contributed by atoms with E-state index >= 15 is 0 Å². The van der Waals surface area contributed by atoms with Crippen LogP contribution in [0.3, 0.4) is 0 Å². The Morgan fingerprint density at radius 3 is 2.76 bits per heavy atom. The number of aromatic nitrogens is 1. The van der Waals surface area contributed by atoms with E-state index in [1.165, 1.54) is 18.4 Å². The van der Waals surface area contributed by atoms with Gasteiger partial charge in [-0.25, -0.2) is 0 Å². The lowest BCUT2D eigenvalue weighted by Gasteiger charge is -2.08. The first-order chi connectivity index (χ1) is 10.3. The zero-order valence-electron chi connectivity index (χ0n) is 11.9. The number of rotatable bonds is 6. The van der Waals surface area contributed by atoms with Crippen LogP contribution in [0, 0.1) is 0 Å². The number of hydrogen-bond acceptors (Lipinski definition) is 3. The summed E-state index contributed by atoms with van der Waals surface area (Å²) in [5.74, 6) is -0.0714. The van der Waals surface area contributed by atoms with E-state index in [0.717, 1.165) is 12.1 Å². The molecule has 1 fully saturated rings. The molecule has 1 heterocycles. The molecule has 2 N–H and O–H groups in total. The molecule has 0 saturated heterocycles. The van der Waals surface area contributed by atoms with E-state index in [1.807, 2.05) is 24.3 Å². The van der Waals surface area contributed by atoms with Crippen LogP contribution in [0.25, 0.3) is 0 Å². The Bertz CT molecular complexity index is 608. The van der Waals surface area contributed by atoms with Gasteiger partial charge in [0.2, 0.25) is 0 Å². The summed E-state index contributed by atoms with van der Waals surface area (Å²) in [6, 6.07) is 12.6. The average molecular weight is 281 g/mol. The summed E-state index contributed by atoms with van der Waals surface area (Å²) in [5.41, 5.74) is 2.75. The van der Waals surface area contributed by atoms with Gasteiger partial charge in [0.05, 0.1) is 11.3 Å². The first-order valence-corrected chi connectivity index (χ1v) is 7.35. The van der Waals surface area contributed by atoms with Gasteiger partial charge in [-0.15, -0.1) is 0 Å². The molecule has 0 aliphatic heterocycles. The predicted molar refractivity (Wildman–Crippen MR) is 83.4 cm³/mol. The van der Waals surface area contributed by atoms with Crippen molar-refractivity contribution >= 4 is 11.6 Å². The number of benzene rings is 1. The van der Waals surface area contributed by atoms with Crippen LogP contribution in [0.2, 0.25) is 0 Å². The number of carbonyl (C=O) groups is 1. The minimum Gasteiger partial charge on any atom is -0.381 e. The van der Waals surface area contributed by atoms with E-state index in [-0.39, 0.29) is 5.91 Å². The number of amides is 1. The van der Waals surface area contributed by atoms with Crippen molar-refractivity contribution in [2.24, 2.45) is 0 Å². The molecule has 2 aromatic rings. The minimum absolute atomic E-state index is 0.0714. The third kappa shape index (κ3) is 4.05. The van der Waals surface area contributed by atoms with E-state index in [9.17, 15) is 4.79 Å². The standard InChI is InChI=1S/C17H19N3O/c21-17(19-9-8-13-4-2-1-3-5-13)14-10-16(12-18-11-14)20-15-6-7-15/h1-5,10-12,15,20H,6-9H2,(H,19,21). The molecule has 4 heteroatoms. The van der Waals surface area contributed by atoms with Gasteiger partial charge in [0.25, 0.3) is 5.91 Å². The summed E-state index contributed by atoms with van der Waals surface area (Å²) < 4.78 is 0. The van der Waals surface area contributed by atoms with Gasteiger partial charge in [-0.3, -0.25) is 9.78 Å². The van der Waals surface area contributed by atoms with Crippen LogP contribution in [0.4, 0.5) is 5.69 Å². The molecule has 1 aliphatic rings. The first-order valence-electron chi connectivity index (χ1n) is 7.35. The number of nitrogens with zero attached hydrogens (tertiary/aromatic N) is 1. The molecule has 4 nitrogen and oxygen atoms in total. The lowest BCUT2D eigenvalue weighted by Crippen LogP contribution is -2.25. The predicted octanol–water partition coefficient (Wildman–Crippen LogP) is 2.63.